The normalized spacial score (nSPS) is 16.8. The molecule has 154 valence electrons. The number of carbonyl (C=O) groups excluding carboxylic acids is 1. The topological polar surface area (TPSA) is 75.9 Å². The predicted octanol–water partition coefficient (Wildman–Crippen LogP) is 3.14. The Morgan fingerprint density at radius 1 is 1.38 bits per heavy atom. The van der Waals surface area contributed by atoms with Crippen molar-refractivity contribution in [1.29, 1.82) is 0 Å². The zero-order chi connectivity index (χ0) is 21.0. The Bertz CT molecular complexity index is 1020. The highest BCUT2D eigenvalue weighted by molar-refractivity contribution is 8.26. The fraction of sp³-hybridized carbons (Fsp3) is 0.400. The summed E-state index contributed by atoms with van der Waals surface area (Å²) >= 11 is 6.61. The van der Waals surface area contributed by atoms with E-state index in [1.54, 1.807) is 36.4 Å². The molecule has 1 N–H and O–H groups in total. The van der Waals surface area contributed by atoms with Gasteiger partial charge >= 0.3 is 0 Å². The number of pyridine rings is 1. The average Bonchev–Trinajstić information content (AvgIpc) is 3.00. The van der Waals surface area contributed by atoms with Crippen LogP contribution in [0.5, 0.6) is 0 Å². The minimum atomic E-state index is -0.237. The fourth-order valence-electron chi connectivity index (χ4n) is 2.96. The highest BCUT2D eigenvalue weighted by Crippen LogP contribution is 2.34. The second-order valence-corrected chi connectivity index (χ2v) is 8.37. The summed E-state index contributed by atoms with van der Waals surface area (Å²) in [6.45, 7) is 5.16. The number of thiocarbonyl (C=S) groups is 1. The lowest BCUT2D eigenvalue weighted by Gasteiger charge is -2.21. The molecule has 1 amide bonds. The van der Waals surface area contributed by atoms with Gasteiger partial charge < -0.3 is 10.1 Å². The van der Waals surface area contributed by atoms with E-state index in [0.29, 0.717) is 39.4 Å². The molecule has 7 nitrogen and oxygen atoms in total. The van der Waals surface area contributed by atoms with Gasteiger partial charge in [-0.15, -0.1) is 0 Å². The van der Waals surface area contributed by atoms with Crippen molar-refractivity contribution in [1.82, 2.24) is 14.3 Å². The van der Waals surface area contributed by atoms with Gasteiger partial charge in [-0.1, -0.05) is 37.0 Å². The van der Waals surface area contributed by atoms with E-state index < -0.39 is 0 Å². The molecule has 9 heteroatoms. The number of thioether (sulfide) groups is 1. The van der Waals surface area contributed by atoms with Gasteiger partial charge in [0, 0.05) is 32.5 Å². The first-order valence-corrected chi connectivity index (χ1v) is 10.7. The first-order chi connectivity index (χ1) is 14.0. The number of carbonyl (C=O) groups is 1. The fourth-order valence-corrected chi connectivity index (χ4v) is 4.41. The highest BCUT2D eigenvalue weighted by atomic mass is 32.2. The number of anilines is 1. The van der Waals surface area contributed by atoms with Gasteiger partial charge in [0.05, 0.1) is 10.5 Å². The van der Waals surface area contributed by atoms with E-state index in [9.17, 15) is 9.59 Å². The lowest BCUT2D eigenvalue weighted by Crippen LogP contribution is -2.36. The van der Waals surface area contributed by atoms with Gasteiger partial charge in [0.1, 0.15) is 15.8 Å². The molecule has 1 saturated heterocycles. The molecule has 29 heavy (non-hydrogen) atoms. The van der Waals surface area contributed by atoms with Crippen molar-refractivity contribution < 1.29 is 9.53 Å². The molecule has 1 aliphatic rings. The summed E-state index contributed by atoms with van der Waals surface area (Å²) < 4.78 is 7.06. The summed E-state index contributed by atoms with van der Waals surface area (Å²) in [5, 5.41) is 3.21. The third kappa shape index (κ3) is 4.52. The van der Waals surface area contributed by atoms with Gasteiger partial charge in [0.15, 0.2) is 0 Å². The number of amides is 1. The number of ether oxygens (including phenoxy) is 1. The van der Waals surface area contributed by atoms with Crippen LogP contribution in [0.3, 0.4) is 0 Å². The summed E-state index contributed by atoms with van der Waals surface area (Å²) in [5.41, 5.74) is 0.644. The molecule has 0 saturated carbocycles. The van der Waals surface area contributed by atoms with E-state index in [1.165, 1.54) is 16.2 Å². The summed E-state index contributed by atoms with van der Waals surface area (Å²) in [6.07, 6.45) is 4.84. The molecule has 3 rings (SSSR count). The molecule has 3 heterocycles. The predicted molar refractivity (Wildman–Crippen MR) is 121 cm³/mol. The molecular weight excluding hydrogens is 408 g/mol. The van der Waals surface area contributed by atoms with Gasteiger partial charge in [0.2, 0.25) is 0 Å². The average molecular weight is 433 g/mol. The van der Waals surface area contributed by atoms with Crippen molar-refractivity contribution in [2.24, 2.45) is 0 Å². The highest BCUT2D eigenvalue weighted by Gasteiger charge is 2.35. The second kappa shape index (κ2) is 9.51. The van der Waals surface area contributed by atoms with Crippen molar-refractivity contribution in [3.63, 3.8) is 0 Å². The molecule has 1 unspecified atom stereocenters. The van der Waals surface area contributed by atoms with Crippen molar-refractivity contribution >= 4 is 51.7 Å². The Morgan fingerprint density at radius 3 is 2.90 bits per heavy atom. The van der Waals surface area contributed by atoms with E-state index in [2.05, 4.69) is 10.3 Å². The van der Waals surface area contributed by atoms with Crippen molar-refractivity contribution in [3.05, 3.63) is 45.2 Å². The largest absolute Gasteiger partial charge is 0.385 e. The van der Waals surface area contributed by atoms with Gasteiger partial charge in [-0.05, 0) is 38.0 Å². The Balaban J connectivity index is 2.04. The van der Waals surface area contributed by atoms with Gasteiger partial charge in [-0.2, -0.15) is 0 Å². The van der Waals surface area contributed by atoms with Crippen LogP contribution in [0.1, 0.15) is 32.3 Å². The van der Waals surface area contributed by atoms with E-state index >= 15 is 0 Å². The smallest absolute Gasteiger partial charge is 0.267 e. The zero-order valence-corrected chi connectivity index (χ0v) is 18.3. The number of hydrogen-bond donors (Lipinski definition) is 1. The Kier molecular flexibility index (Phi) is 7.05. The van der Waals surface area contributed by atoms with Crippen LogP contribution in [0.2, 0.25) is 0 Å². The summed E-state index contributed by atoms with van der Waals surface area (Å²) in [4.78, 5) is 32.7. The quantitative estimate of drug-likeness (QED) is 0.390. The maximum absolute atomic E-state index is 13.1. The molecule has 2 aromatic rings. The molecule has 0 bridgehead atoms. The molecule has 1 fully saturated rings. The molecule has 0 spiro atoms. The van der Waals surface area contributed by atoms with Crippen LogP contribution >= 0.6 is 24.0 Å². The monoisotopic (exact) mass is 432 g/mol. The Hall–Kier alpha value is -2.23. The van der Waals surface area contributed by atoms with Crippen LogP contribution in [-0.4, -0.2) is 50.8 Å². The van der Waals surface area contributed by atoms with E-state index in [1.807, 2.05) is 19.9 Å². The number of nitrogens with one attached hydrogen (secondary N) is 1. The van der Waals surface area contributed by atoms with E-state index in [-0.39, 0.29) is 17.5 Å². The molecule has 2 aromatic heterocycles. The Labute approximate surface area is 179 Å². The zero-order valence-electron chi connectivity index (χ0n) is 16.7. The maximum atomic E-state index is 13.1. The van der Waals surface area contributed by atoms with E-state index in [4.69, 9.17) is 17.0 Å². The van der Waals surface area contributed by atoms with Crippen molar-refractivity contribution in [3.8, 4) is 0 Å². The summed E-state index contributed by atoms with van der Waals surface area (Å²) in [5.74, 6) is 0.281. The molecule has 0 aromatic carbocycles. The van der Waals surface area contributed by atoms with E-state index in [0.717, 1.165) is 12.8 Å². The van der Waals surface area contributed by atoms with Crippen molar-refractivity contribution in [2.45, 2.75) is 32.7 Å². The third-order valence-electron chi connectivity index (χ3n) is 4.72. The van der Waals surface area contributed by atoms with Crippen LogP contribution < -0.4 is 10.9 Å². The van der Waals surface area contributed by atoms with Crippen LogP contribution in [0.25, 0.3) is 11.7 Å². The number of nitrogens with zero attached hydrogens (tertiary/aromatic N) is 3. The molecule has 1 aliphatic heterocycles. The Morgan fingerprint density at radius 2 is 2.17 bits per heavy atom. The summed E-state index contributed by atoms with van der Waals surface area (Å²) in [6, 6.07) is 5.38. The number of hydrogen-bond acceptors (Lipinski definition) is 7. The standard InChI is InChI=1S/C20H24N4O3S2/c1-4-13(2)24-19(26)15(29-20(24)28)12-14-17(21-9-7-11-27-3)22-16-8-5-6-10-23(16)18(14)25/h5-6,8,10,12-13,21H,4,7,9,11H2,1-3H3/b15-12-. The second-order valence-electron chi connectivity index (χ2n) is 6.69. The van der Waals surface area contributed by atoms with Crippen LogP contribution in [0.15, 0.2) is 34.1 Å². The SMILES string of the molecule is CCC(C)N1C(=O)/C(=C/c2c(NCCCOC)nc3ccccn3c2=O)SC1=S. The third-order valence-corrected chi connectivity index (χ3v) is 6.05. The first-order valence-electron chi connectivity index (χ1n) is 9.49. The van der Waals surface area contributed by atoms with Gasteiger partial charge in [-0.3, -0.25) is 18.9 Å². The number of rotatable bonds is 8. The first kappa shape index (κ1) is 21.5. The van der Waals surface area contributed by atoms with Gasteiger partial charge in [-0.25, -0.2) is 4.98 Å². The van der Waals surface area contributed by atoms with Crippen LogP contribution in [0.4, 0.5) is 5.82 Å². The number of fused-ring (bicyclic) bond motifs is 1. The van der Waals surface area contributed by atoms with Gasteiger partial charge in [0.25, 0.3) is 11.5 Å². The molecule has 0 radical (unpaired) electrons. The number of aromatic nitrogens is 2. The van der Waals surface area contributed by atoms with Crippen LogP contribution in [0, 0.1) is 0 Å². The van der Waals surface area contributed by atoms with Crippen molar-refractivity contribution in [2.75, 3.05) is 25.6 Å². The maximum Gasteiger partial charge on any atom is 0.267 e. The lowest BCUT2D eigenvalue weighted by atomic mass is 10.2. The summed E-state index contributed by atoms with van der Waals surface area (Å²) in [7, 11) is 1.64. The molecule has 0 aliphatic carbocycles. The molecular formula is C20H24N4O3S2. The van der Waals surface area contributed by atoms with Crippen LogP contribution in [-0.2, 0) is 9.53 Å². The molecule has 1 atom stereocenters. The minimum absolute atomic E-state index is 0.0101. The number of methoxy groups -OCH3 is 1. The lowest BCUT2D eigenvalue weighted by molar-refractivity contribution is -0.123. The minimum Gasteiger partial charge on any atom is -0.385 e.